The van der Waals surface area contributed by atoms with Gasteiger partial charge in [0.25, 0.3) is 0 Å². The van der Waals surface area contributed by atoms with E-state index in [9.17, 15) is 0 Å². The van der Waals surface area contributed by atoms with E-state index in [0.29, 0.717) is 10.2 Å². The molecule has 0 radical (unpaired) electrons. The summed E-state index contributed by atoms with van der Waals surface area (Å²) in [6.07, 6.45) is 0. The molecular formula is C2H2N2S2. The molecule has 1 aliphatic rings. The number of hydrogen-bond acceptors (Lipinski definition) is 2. The lowest BCUT2D eigenvalue weighted by molar-refractivity contribution is 1.12. The molecule has 0 atom stereocenters. The summed E-state index contributed by atoms with van der Waals surface area (Å²) in [5.74, 6) is 0. The summed E-state index contributed by atoms with van der Waals surface area (Å²) in [6, 6.07) is 0. The maximum absolute atomic E-state index is 4.55. The fourth-order valence-corrected chi connectivity index (χ4v) is 0.744. The maximum atomic E-state index is 4.55. The second kappa shape index (κ2) is 1.13. The lowest BCUT2D eigenvalue weighted by Crippen LogP contribution is -2.58. The Morgan fingerprint density at radius 3 is 1.33 bits per heavy atom. The number of rotatable bonds is 0. The van der Waals surface area contributed by atoms with Crippen molar-refractivity contribution >= 4 is 34.7 Å². The van der Waals surface area contributed by atoms with Crippen LogP contribution in [-0.2, 0) is 0 Å². The van der Waals surface area contributed by atoms with Crippen LogP contribution >= 0.6 is 24.4 Å². The van der Waals surface area contributed by atoms with E-state index in [1.807, 2.05) is 0 Å². The zero-order chi connectivity index (χ0) is 4.57. The normalized spacial score (nSPS) is 18.0. The van der Waals surface area contributed by atoms with Crippen LogP contribution in [0.5, 0.6) is 0 Å². The fourth-order valence-electron chi connectivity index (χ4n) is 0.206. The Kier molecular flexibility index (Phi) is 0.743. The quantitative estimate of drug-likeness (QED) is 0.428. The molecule has 0 bridgehead atoms. The Bertz CT molecular complexity index is 86.1. The van der Waals surface area contributed by atoms with Gasteiger partial charge in [0, 0.05) is 0 Å². The van der Waals surface area contributed by atoms with Crippen molar-refractivity contribution in [1.82, 2.24) is 10.6 Å². The zero-order valence-electron chi connectivity index (χ0n) is 2.82. The highest BCUT2D eigenvalue weighted by Gasteiger charge is 2.09. The van der Waals surface area contributed by atoms with Crippen LogP contribution in [-0.4, -0.2) is 10.2 Å². The summed E-state index contributed by atoms with van der Waals surface area (Å²) in [4.78, 5) is 0. The van der Waals surface area contributed by atoms with Gasteiger partial charge in [-0.1, -0.05) is 0 Å². The van der Waals surface area contributed by atoms with Crippen molar-refractivity contribution in [2.45, 2.75) is 0 Å². The van der Waals surface area contributed by atoms with E-state index in [4.69, 9.17) is 0 Å². The van der Waals surface area contributed by atoms with E-state index in [0.717, 1.165) is 0 Å². The smallest absolute Gasteiger partial charge is 0.178 e. The van der Waals surface area contributed by atoms with Crippen molar-refractivity contribution in [1.29, 1.82) is 0 Å². The minimum absolute atomic E-state index is 0.625. The van der Waals surface area contributed by atoms with Gasteiger partial charge < -0.3 is 10.6 Å². The summed E-state index contributed by atoms with van der Waals surface area (Å²) in [5, 5.41) is 6.56. The number of thiocarbonyl (C=S) groups is 2. The molecule has 0 spiro atoms. The van der Waals surface area contributed by atoms with Gasteiger partial charge in [-0.25, -0.2) is 0 Å². The molecule has 0 unspecified atom stereocenters. The van der Waals surface area contributed by atoms with Crippen LogP contribution in [0.4, 0.5) is 0 Å². The first-order chi connectivity index (χ1) is 2.79. The van der Waals surface area contributed by atoms with Crippen molar-refractivity contribution < 1.29 is 0 Å². The SMILES string of the molecule is S=C1NC(=S)N1. The summed E-state index contributed by atoms with van der Waals surface area (Å²) in [7, 11) is 0. The Morgan fingerprint density at radius 1 is 1.00 bits per heavy atom. The molecule has 1 heterocycles. The Morgan fingerprint density at radius 2 is 1.33 bits per heavy atom. The largest absolute Gasteiger partial charge is 0.309 e. The van der Waals surface area contributed by atoms with Crippen molar-refractivity contribution in [2.24, 2.45) is 0 Å². The fraction of sp³-hybridized carbons (Fsp3) is 0. The summed E-state index contributed by atoms with van der Waals surface area (Å²) < 4.78 is 0. The molecule has 1 aliphatic heterocycles. The van der Waals surface area contributed by atoms with Gasteiger partial charge in [0.15, 0.2) is 10.2 Å². The van der Waals surface area contributed by atoms with Crippen LogP contribution < -0.4 is 10.6 Å². The molecule has 32 valence electrons. The predicted molar refractivity (Wildman–Crippen MR) is 31.5 cm³/mol. The maximum Gasteiger partial charge on any atom is 0.178 e. The minimum Gasteiger partial charge on any atom is -0.309 e. The first-order valence-electron chi connectivity index (χ1n) is 1.41. The highest BCUT2D eigenvalue weighted by Crippen LogP contribution is 1.78. The number of hydrogen-bond donors (Lipinski definition) is 2. The van der Waals surface area contributed by atoms with Crippen molar-refractivity contribution in [3.63, 3.8) is 0 Å². The van der Waals surface area contributed by atoms with Crippen molar-refractivity contribution in [2.75, 3.05) is 0 Å². The van der Waals surface area contributed by atoms with Gasteiger partial charge in [0.2, 0.25) is 0 Å². The van der Waals surface area contributed by atoms with Gasteiger partial charge in [-0.05, 0) is 24.4 Å². The molecule has 1 saturated heterocycles. The molecule has 2 N–H and O–H groups in total. The summed E-state index contributed by atoms with van der Waals surface area (Å²) in [5.41, 5.74) is 0. The molecule has 0 aliphatic carbocycles. The van der Waals surface area contributed by atoms with E-state index in [-0.39, 0.29) is 0 Å². The highest BCUT2D eigenvalue weighted by molar-refractivity contribution is 7.83. The van der Waals surface area contributed by atoms with Crippen LogP contribution in [0.15, 0.2) is 0 Å². The number of nitrogens with one attached hydrogen (secondary N) is 2. The van der Waals surface area contributed by atoms with Crippen LogP contribution in [0.3, 0.4) is 0 Å². The standard InChI is InChI=1S/C2H2N2S2/c5-1-3-2(6)4-1/h(H2,3,4,5,6). The molecule has 0 aromatic heterocycles. The van der Waals surface area contributed by atoms with E-state index in [1.165, 1.54) is 0 Å². The molecule has 4 heteroatoms. The lowest BCUT2D eigenvalue weighted by atomic mass is 10.8. The van der Waals surface area contributed by atoms with Crippen molar-refractivity contribution in [3.05, 3.63) is 0 Å². The molecule has 0 saturated carbocycles. The van der Waals surface area contributed by atoms with Crippen molar-refractivity contribution in [3.8, 4) is 0 Å². The lowest BCUT2D eigenvalue weighted by Gasteiger charge is -2.18. The summed E-state index contributed by atoms with van der Waals surface area (Å²) >= 11 is 9.10. The van der Waals surface area contributed by atoms with Gasteiger partial charge in [0.05, 0.1) is 0 Å². The first kappa shape index (κ1) is 3.95. The first-order valence-corrected chi connectivity index (χ1v) is 2.22. The Hall–Kier alpha value is -0.220. The second-order valence-electron chi connectivity index (χ2n) is 0.908. The van der Waals surface area contributed by atoms with E-state index >= 15 is 0 Å². The van der Waals surface area contributed by atoms with Gasteiger partial charge in [-0.15, -0.1) is 0 Å². The van der Waals surface area contributed by atoms with Gasteiger partial charge in [0.1, 0.15) is 0 Å². The Labute approximate surface area is 45.9 Å². The van der Waals surface area contributed by atoms with Crippen LogP contribution in [0.25, 0.3) is 0 Å². The van der Waals surface area contributed by atoms with Crippen LogP contribution in [0.2, 0.25) is 0 Å². The van der Waals surface area contributed by atoms with Gasteiger partial charge in [-0.3, -0.25) is 0 Å². The topological polar surface area (TPSA) is 24.1 Å². The third-order valence-corrected chi connectivity index (χ3v) is 0.862. The van der Waals surface area contributed by atoms with Crippen LogP contribution in [0, 0.1) is 0 Å². The Balaban J connectivity index is 2.47. The van der Waals surface area contributed by atoms with Gasteiger partial charge >= 0.3 is 0 Å². The van der Waals surface area contributed by atoms with E-state index < -0.39 is 0 Å². The molecule has 1 rings (SSSR count). The average molecular weight is 118 g/mol. The predicted octanol–water partition coefficient (Wildman–Crippen LogP) is -0.251. The molecule has 6 heavy (non-hydrogen) atoms. The molecule has 0 aromatic carbocycles. The second-order valence-corrected chi connectivity index (χ2v) is 1.72. The van der Waals surface area contributed by atoms with E-state index in [1.54, 1.807) is 0 Å². The molecule has 0 amide bonds. The van der Waals surface area contributed by atoms with E-state index in [2.05, 4.69) is 35.1 Å². The molecule has 2 nitrogen and oxygen atoms in total. The highest BCUT2D eigenvalue weighted by atomic mass is 32.1. The molecule has 1 fully saturated rings. The molecular weight excluding hydrogens is 116 g/mol. The monoisotopic (exact) mass is 118 g/mol. The third-order valence-electron chi connectivity index (χ3n) is 0.454. The third kappa shape index (κ3) is 0.483. The minimum atomic E-state index is 0.625. The average Bonchev–Trinajstić information content (AvgIpc) is 1.33. The zero-order valence-corrected chi connectivity index (χ0v) is 4.45. The van der Waals surface area contributed by atoms with Gasteiger partial charge in [-0.2, -0.15) is 0 Å². The molecule has 0 aromatic rings. The van der Waals surface area contributed by atoms with Crippen LogP contribution in [0.1, 0.15) is 0 Å². The summed E-state index contributed by atoms with van der Waals surface area (Å²) in [6.45, 7) is 0.